The molecule has 0 aliphatic carbocycles. The minimum absolute atomic E-state index is 0.243. The molecule has 0 unspecified atom stereocenters. The Morgan fingerprint density at radius 3 is 2.65 bits per heavy atom. The third-order valence-electron chi connectivity index (χ3n) is 3.20. The van der Waals surface area contributed by atoms with Crippen LogP contribution in [0.1, 0.15) is 32.0 Å². The van der Waals surface area contributed by atoms with E-state index in [1.807, 2.05) is 19.9 Å². The fourth-order valence-corrected chi connectivity index (χ4v) is 2.92. The normalized spacial score (nSPS) is 11.3. The number of aromatic nitrogens is 1. The first-order valence-electron chi connectivity index (χ1n) is 6.96. The van der Waals surface area contributed by atoms with E-state index in [9.17, 15) is 4.39 Å². The van der Waals surface area contributed by atoms with Gasteiger partial charge in [-0.15, -0.1) is 0 Å². The number of rotatable bonds is 4. The molecule has 1 heterocycles. The zero-order chi connectivity index (χ0) is 14.9. The lowest BCUT2D eigenvalue weighted by Gasteiger charge is -2.15. The Balaban J connectivity index is 2.74. The predicted molar refractivity (Wildman–Crippen MR) is 86.8 cm³/mol. The molecule has 1 aromatic heterocycles. The molecule has 0 atom stereocenters. The average Bonchev–Trinajstić information content (AvgIpc) is 2.35. The maximum Gasteiger partial charge on any atom is 0.138 e. The highest BCUT2D eigenvalue weighted by atomic mass is 79.9. The number of hydrogen-bond donors (Lipinski definition) is 1. The second kappa shape index (κ2) is 6.08. The lowest BCUT2D eigenvalue weighted by molar-refractivity contribution is 0.621. The summed E-state index contributed by atoms with van der Waals surface area (Å²) < 4.78 is 14.4. The van der Waals surface area contributed by atoms with E-state index in [1.165, 1.54) is 6.07 Å². The Morgan fingerprint density at radius 1 is 1.35 bits per heavy atom. The lowest BCUT2D eigenvalue weighted by Crippen LogP contribution is -2.04. The Bertz CT molecular complexity index is 638. The SMILES string of the molecule is CCNc1cc(CC(C)C)nc2c(C)cc(F)c(Br)c12. The van der Waals surface area contributed by atoms with Gasteiger partial charge in [-0.2, -0.15) is 0 Å². The highest BCUT2D eigenvalue weighted by molar-refractivity contribution is 9.10. The fraction of sp³-hybridized carbons (Fsp3) is 0.438. The van der Waals surface area contributed by atoms with Crippen molar-refractivity contribution in [2.24, 2.45) is 5.92 Å². The van der Waals surface area contributed by atoms with Crippen molar-refractivity contribution >= 4 is 32.5 Å². The first kappa shape index (κ1) is 15.2. The van der Waals surface area contributed by atoms with Crippen molar-refractivity contribution in [1.29, 1.82) is 0 Å². The van der Waals surface area contributed by atoms with Crippen LogP contribution in [0.2, 0.25) is 0 Å². The quantitative estimate of drug-likeness (QED) is 0.841. The summed E-state index contributed by atoms with van der Waals surface area (Å²) in [7, 11) is 0. The molecule has 1 N–H and O–H groups in total. The van der Waals surface area contributed by atoms with E-state index in [0.29, 0.717) is 10.4 Å². The van der Waals surface area contributed by atoms with E-state index >= 15 is 0 Å². The largest absolute Gasteiger partial charge is 0.385 e. The van der Waals surface area contributed by atoms with Crippen LogP contribution < -0.4 is 5.32 Å². The van der Waals surface area contributed by atoms with Crippen LogP contribution in [-0.4, -0.2) is 11.5 Å². The second-order valence-electron chi connectivity index (χ2n) is 5.50. The zero-order valence-corrected chi connectivity index (χ0v) is 13.9. The zero-order valence-electron chi connectivity index (χ0n) is 12.3. The molecule has 108 valence electrons. The highest BCUT2D eigenvalue weighted by Gasteiger charge is 2.15. The topological polar surface area (TPSA) is 24.9 Å². The second-order valence-corrected chi connectivity index (χ2v) is 6.30. The van der Waals surface area contributed by atoms with Crippen molar-refractivity contribution in [2.45, 2.75) is 34.1 Å². The van der Waals surface area contributed by atoms with Gasteiger partial charge in [0.25, 0.3) is 0 Å². The maximum absolute atomic E-state index is 13.9. The van der Waals surface area contributed by atoms with Crippen LogP contribution in [-0.2, 0) is 6.42 Å². The predicted octanol–water partition coefficient (Wildman–Crippen LogP) is 5.08. The van der Waals surface area contributed by atoms with E-state index in [2.05, 4.69) is 35.1 Å². The van der Waals surface area contributed by atoms with Crippen molar-refractivity contribution in [3.8, 4) is 0 Å². The van der Waals surface area contributed by atoms with Gasteiger partial charge >= 0.3 is 0 Å². The highest BCUT2D eigenvalue weighted by Crippen LogP contribution is 2.34. The molecule has 0 spiro atoms. The Kier molecular flexibility index (Phi) is 4.63. The molecule has 2 aromatic rings. The van der Waals surface area contributed by atoms with Gasteiger partial charge in [-0.3, -0.25) is 4.98 Å². The summed E-state index contributed by atoms with van der Waals surface area (Å²) in [4.78, 5) is 4.72. The molecule has 0 aliphatic rings. The number of pyridine rings is 1. The number of fused-ring (bicyclic) bond motifs is 1. The summed E-state index contributed by atoms with van der Waals surface area (Å²) in [6, 6.07) is 3.57. The molecule has 20 heavy (non-hydrogen) atoms. The molecule has 0 radical (unpaired) electrons. The van der Waals surface area contributed by atoms with E-state index < -0.39 is 0 Å². The monoisotopic (exact) mass is 338 g/mol. The van der Waals surface area contributed by atoms with Crippen molar-refractivity contribution in [3.05, 3.63) is 33.7 Å². The molecular formula is C16H20BrFN2. The first-order valence-corrected chi connectivity index (χ1v) is 7.75. The number of nitrogens with zero attached hydrogens (tertiary/aromatic N) is 1. The summed E-state index contributed by atoms with van der Waals surface area (Å²) in [5.74, 6) is 0.297. The molecule has 1 aromatic carbocycles. The molecule has 0 fully saturated rings. The van der Waals surface area contributed by atoms with Gasteiger partial charge in [0.05, 0.1) is 9.99 Å². The Labute approximate surface area is 127 Å². The van der Waals surface area contributed by atoms with Gasteiger partial charge in [-0.1, -0.05) is 13.8 Å². The first-order chi connectivity index (χ1) is 9.43. The maximum atomic E-state index is 13.9. The number of nitrogens with one attached hydrogen (secondary N) is 1. The number of anilines is 1. The minimum atomic E-state index is -0.243. The van der Waals surface area contributed by atoms with Crippen LogP contribution >= 0.6 is 15.9 Å². The number of benzene rings is 1. The molecule has 0 saturated carbocycles. The number of hydrogen-bond acceptors (Lipinski definition) is 2. The lowest BCUT2D eigenvalue weighted by atomic mass is 10.0. The third kappa shape index (κ3) is 2.95. The van der Waals surface area contributed by atoms with Crippen molar-refractivity contribution in [3.63, 3.8) is 0 Å². The van der Waals surface area contributed by atoms with Crippen LogP contribution in [0.3, 0.4) is 0 Å². The van der Waals surface area contributed by atoms with E-state index in [4.69, 9.17) is 4.98 Å². The summed E-state index contributed by atoms with van der Waals surface area (Å²) in [6.45, 7) is 9.08. The summed E-state index contributed by atoms with van der Waals surface area (Å²) >= 11 is 3.36. The van der Waals surface area contributed by atoms with Crippen LogP contribution in [0, 0.1) is 18.7 Å². The standard InChI is InChI=1S/C16H20BrFN2/c1-5-19-13-8-11(6-9(2)3)20-16-10(4)7-12(18)15(17)14(13)16/h7-9H,5-6H2,1-4H3,(H,19,20). The van der Waals surface area contributed by atoms with Crippen molar-refractivity contribution in [1.82, 2.24) is 4.98 Å². The third-order valence-corrected chi connectivity index (χ3v) is 3.98. The summed E-state index contributed by atoms with van der Waals surface area (Å²) in [5.41, 5.74) is 3.73. The van der Waals surface area contributed by atoms with Gasteiger partial charge in [0.15, 0.2) is 0 Å². The molecule has 0 aliphatic heterocycles. The van der Waals surface area contributed by atoms with E-state index in [1.54, 1.807) is 0 Å². The minimum Gasteiger partial charge on any atom is -0.385 e. The molecule has 0 saturated heterocycles. The smallest absolute Gasteiger partial charge is 0.138 e. The van der Waals surface area contributed by atoms with Crippen LogP contribution in [0.4, 0.5) is 10.1 Å². The number of halogens is 2. The molecular weight excluding hydrogens is 319 g/mol. The Hall–Kier alpha value is -1.16. The van der Waals surface area contributed by atoms with Crippen molar-refractivity contribution in [2.75, 3.05) is 11.9 Å². The van der Waals surface area contributed by atoms with Crippen LogP contribution in [0.15, 0.2) is 16.6 Å². The van der Waals surface area contributed by atoms with Gasteiger partial charge in [-0.25, -0.2) is 4.39 Å². The van der Waals surface area contributed by atoms with E-state index in [0.717, 1.165) is 40.8 Å². The molecule has 0 bridgehead atoms. The van der Waals surface area contributed by atoms with Crippen molar-refractivity contribution < 1.29 is 4.39 Å². The summed E-state index contributed by atoms with van der Waals surface area (Å²) in [6.07, 6.45) is 0.919. The van der Waals surface area contributed by atoms with E-state index in [-0.39, 0.29) is 5.82 Å². The fourth-order valence-electron chi connectivity index (χ4n) is 2.40. The van der Waals surface area contributed by atoms with Gasteiger partial charge in [0.2, 0.25) is 0 Å². The summed E-state index contributed by atoms with van der Waals surface area (Å²) in [5, 5.41) is 4.15. The van der Waals surface area contributed by atoms with Crippen LogP contribution in [0.5, 0.6) is 0 Å². The molecule has 2 rings (SSSR count). The molecule has 2 nitrogen and oxygen atoms in total. The average molecular weight is 339 g/mol. The van der Waals surface area contributed by atoms with Crippen LogP contribution in [0.25, 0.3) is 10.9 Å². The molecule has 0 amide bonds. The number of aryl methyl sites for hydroxylation is 1. The van der Waals surface area contributed by atoms with Gasteiger partial charge in [-0.05, 0) is 59.8 Å². The van der Waals surface area contributed by atoms with Gasteiger partial charge in [0, 0.05) is 23.3 Å². The molecule has 4 heteroatoms. The Morgan fingerprint density at radius 2 is 2.05 bits per heavy atom. The van der Waals surface area contributed by atoms with Gasteiger partial charge < -0.3 is 5.32 Å². The van der Waals surface area contributed by atoms with Gasteiger partial charge in [0.1, 0.15) is 5.82 Å².